The van der Waals surface area contributed by atoms with Crippen LogP contribution in [0.3, 0.4) is 0 Å². The minimum atomic E-state index is 0.178. The second kappa shape index (κ2) is 7.46. The van der Waals surface area contributed by atoms with Gasteiger partial charge in [0.1, 0.15) is 0 Å². The molecule has 3 heteroatoms. The molecule has 5 rings (SSSR count). The zero-order valence-corrected chi connectivity index (χ0v) is 15.2. The van der Waals surface area contributed by atoms with Gasteiger partial charge in [-0.05, 0) is 42.0 Å². The van der Waals surface area contributed by atoms with Crippen LogP contribution in [-0.2, 0) is 6.54 Å². The number of hydrogen-bond acceptors (Lipinski definition) is 2. The first-order chi connectivity index (χ1) is 12.7. The number of fused-ring (bicyclic) bond motifs is 4. The van der Waals surface area contributed by atoms with Crippen LogP contribution in [0.5, 0.6) is 0 Å². The normalized spacial score (nSPS) is 22.8. The molecule has 26 heavy (non-hydrogen) atoms. The summed E-state index contributed by atoms with van der Waals surface area (Å²) in [6.07, 6.45) is 4.16. The molecule has 2 aromatic rings. The van der Waals surface area contributed by atoms with Crippen LogP contribution in [0.1, 0.15) is 34.3 Å². The van der Waals surface area contributed by atoms with Gasteiger partial charge in [0.05, 0.1) is 0 Å². The molecule has 2 bridgehead atoms. The van der Waals surface area contributed by atoms with Crippen molar-refractivity contribution in [2.75, 3.05) is 19.6 Å². The predicted molar refractivity (Wildman–Crippen MR) is 106 cm³/mol. The molecule has 3 heterocycles. The maximum absolute atomic E-state index is 13.1. The molecule has 0 unspecified atom stereocenters. The summed E-state index contributed by atoms with van der Waals surface area (Å²) in [5.41, 5.74) is 3.19. The second-order valence-corrected chi connectivity index (χ2v) is 7.56. The highest BCUT2D eigenvalue weighted by Crippen LogP contribution is 2.30. The fraction of sp³-hybridized carbons (Fsp3) is 0.348. The Morgan fingerprint density at radius 1 is 1.00 bits per heavy atom. The van der Waals surface area contributed by atoms with Gasteiger partial charge in [-0.2, -0.15) is 0 Å². The molecular weight excluding hydrogens is 320 g/mol. The van der Waals surface area contributed by atoms with Gasteiger partial charge in [-0.25, -0.2) is 0 Å². The van der Waals surface area contributed by atoms with Crippen LogP contribution in [-0.4, -0.2) is 41.4 Å². The molecule has 0 aliphatic carbocycles. The maximum Gasteiger partial charge on any atom is 0.254 e. The summed E-state index contributed by atoms with van der Waals surface area (Å²) in [4.78, 5) is 17.7. The standard InChI is InChI=1S/C23H26N2O/c1-2-18-8-11-21(12-9-18)23(26)25-16-20-10-13-22(25)17-24(15-20)14-19-6-4-3-5-7-19/h2-9,11-12,20,22H,1,10,13-17H2/t20-,22+/m0/s1. The summed E-state index contributed by atoms with van der Waals surface area (Å²) >= 11 is 0. The number of rotatable bonds is 4. The quantitative estimate of drug-likeness (QED) is 0.833. The average Bonchev–Trinajstić information content (AvgIpc) is 2.99. The lowest BCUT2D eigenvalue weighted by atomic mass is 9.94. The topological polar surface area (TPSA) is 23.6 Å². The van der Waals surface area contributed by atoms with Crippen molar-refractivity contribution in [2.24, 2.45) is 5.92 Å². The Hall–Kier alpha value is -2.39. The van der Waals surface area contributed by atoms with E-state index in [0.29, 0.717) is 12.0 Å². The highest BCUT2D eigenvalue weighted by molar-refractivity contribution is 5.94. The summed E-state index contributed by atoms with van der Waals surface area (Å²) in [6.45, 7) is 7.71. The van der Waals surface area contributed by atoms with E-state index in [1.54, 1.807) is 0 Å². The smallest absolute Gasteiger partial charge is 0.254 e. The number of carbonyl (C=O) groups is 1. The number of piperidine rings is 1. The third kappa shape index (κ3) is 3.58. The van der Waals surface area contributed by atoms with Crippen LogP contribution in [0.4, 0.5) is 0 Å². The monoisotopic (exact) mass is 346 g/mol. The van der Waals surface area contributed by atoms with Gasteiger partial charge >= 0.3 is 0 Å². The molecule has 3 aliphatic rings. The van der Waals surface area contributed by atoms with Crippen LogP contribution in [0.25, 0.3) is 6.08 Å². The van der Waals surface area contributed by atoms with Crippen molar-refractivity contribution in [3.8, 4) is 0 Å². The molecule has 0 spiro atoms. The Morgan fingerprint density at radius 3 is 2.50 bits per heavy atom. The lowest BCUT2D eigenvalue weighted by Gasteiger charge is -2.36. The van der Waals surface area contributed by atoms with Gasteiger partial charge in [-0.3, -0.25) is 9.69 Å². The van der Waals surface area contributed by atoms with Crippen molar-refractivity contribution in [2.45, 2.75) is 25.4 Å². The summed E-state index contributed by atoms with van der Waals surface area (Å²) in [6, 6.07) is 18.8. The summed E-state index contributed by atoms with van der Waals surface area (Å²) < 4.78 is 0. The Kier molecular flexibility index (Phi) is 4.89. The number of nitrogens with zero attached hydrogens (tertiary/aromatic N) is 2. The molecule has 0 N–H and O–H groups in total. The van der Waals surface area contributed by atoms with Crippen molar-refractivity contribution >= 4 is 12.0 Å². The third-order valence-electron chi connectivity index (χ3n) is 5.69. The van der Waals surface area contributed by atoms with E-state index in [1.807, 2.05) is 30.3 Å². The minimum absolute atomic E-state index is 0.178. The van der Waals surface area contributed by atoms with Crippen molar-refractivity contribution in [3.05, 3.63) is 77.9 Å². The number of amides is 1. The molecule has 134 valence electrons. The van der Waals surface area contributed by atoms with E-state index in [0.717, 1.165) is 43.7 Å². The summed E-state index contributed by atoms with van der Waals surface area (Å²) in [5.74, 6) is 0.755. The van der Waals surface area contributed by atoms with Crippen LogP contribution >= 0.6 is 0 Å². The minimum Gasteiger partial charge on any atom is -0.334 e. The van der Waals surface area contributed by atoms with Crippen molar-refractivity contribution in [1.29, 1.82) is 0 Å². The van der Waals surface area contributed by atoms with E-state index in [4.69, 9.17) is 0 Å². The van der Waals surface area contributed by atoms with E-state index in [-0.39, 0.29) is 5.91 Å². The van der Waals surface area contributed by atoms with Crippen LogP contribution in [0.2, 0.25) is 0 Å². The van der Waals surface area contributed by atoms with Crippen molar-refractivity contribution in [3.63, 3.8) is 0 Å². The molecule has 3 nitrogen and oxygen atoms in total. The predicted octanol–water partition coefficient (Wildman–Crippen LogP) is 4.07. The van der Waals surface area contributed by atoms with Gasteiger partial charge in [0, 0.05) is 37.8 Å². The van der Waals surface area contributed by atoms with E-state index in [1.165, 1.54) is 12.0 Å². The largest absolute Gasteiger partial charge is 0.334 e. The highest BCUT2D eigenvalue weighted by atomic mass is 16.2. The molecule has 0 saturated carbocycles. The molecule has 3 fully saturated rings. The molecule has 0 radical (unpaired) electrons. The lowest BCUT2D eigenvalue weighted by molar-refractivity contribution is 0.0585. The Bertz CT molecular complexity index is 769. The zero-order valence-electron chi connectivity index (χ0n) is 15.2. The summed E-state index contributed by atoms with van der Waals surface area (Å²) in [7, 11) is 0. The highest BCUT2D eigenvalue weighted by Gasteiger charge is 2.37. The Labute approximate surface area is 155 Å². The second-order valence-electron chi connectivity index (χ2n) is 7.56. The lowest BCUT2D eigenvalue weighted by Crippen LogP contribution is -2.47. The van der Waals surface area contributed by atoms with Gasteiger partial charge < -0.3 is 4.90 Å². The van der Waals surface area contributed by atoms with E-state index in [9.17, 15) is 4.79 Å². The van der Waals surface area contributed by atoms with E-state index < -0.39 is 0 Å². The van der Waals surface area contributed by atoms with Gasteiger partial charge in [0.25, 0.3) is 5.91 Å². The number of hydrogen-bond donors (Lipinski definition) is 0. The first-order valence-electron chi connectivity index (χ1n) is 9.52. The maximum atomic E-state index is 13.1. The summed E-state index contributed by atoms with van der Waals surface area (Å²) in [5, 5.41) is 0. The van der Waals surface area contributed by atoms with Crippen LogP contribution < -0.4 is 0 Å². The van der Waals surface area contributed by atoms with Gasteiger partial charge in [0.15, 0.2) is 0 Å². The van der Waals surface area contributed by atoms with Gasteiger partial charge in [-0.1, -0.05) is 55.1 Å². The number of carbonyl (C=O) groups excluding carboxylic acids is 1. The average molecular weight is 346 g/mol. The van der Waals surface area contributed by atoms with Crippen molar-refractivity contribution in [1.82, 2.24) is 9.80 Å². The van der Waals surface area contributed by atoms with Gasteiger partial charge in [-0.15, -0.1) is 0 Å². The van der Waals surface area contributed by atoms with Crippen LogP contribution in [0, 0.1) is 5.92 Å². The Balaban J connectivity index is 1.49. The van der Waals surface area contributed by atoms with Gasteiger partial charge in [0.2, 0.25) is 0 Å². The fourth-order valence-corrected chi connectivity index (χ4v) is 4.33. The molecular formula is C23H26N2O. The molecule has 3 saturated heterocycles. The number of benzene rings is 2. The van der Waals surface area contributed by atoms with E-state index >= 15 is 0 Å². The molecule has 3 aliphatic heterocycles. The SMILES string of the molecule is C=Cc1ccc(C(=O)N2C[C@H]3CC[C@@H]2CN(Cc2ccccc2)C3)cc1. The first-order valence-corrected chi connectivity index (χ1v) is 9.52. The molecule has 0 aromatic heterocycles. The Morgan fingerprint density at radius 2 is 1.77 bits per heavy atom. The fourth-order valence-electron chi connectivity index (χ4n) is 4.33. The molecule has 2 atom stereocenters. The molecule has 2 aromatic carbocycles. The zero-order chi connectivity index (χ0) is 17.9. The van der Waals surface area contributed by atoms with E-state index in [2.05, 4.69) is 46.7 Å². The first kappa shape index (κ1) is 17.0. The van der Waals surface area contributed by atoms with Crippen molar-refractivity contribution < 1.29 is 4.79 Å². The third-order valence-corrected chi connectivity index (χ3v) is 5.69. The molecule has 1 amide bonds. The van der Waals surface area contributed by atoms with Crippen LogP contribution in [0.15, 0.2) is 61.2 Å².